The molecule has 1 aromatic carbocycles. The van der Waals surface area contributed by atoms with Gasteiger partial charge in [-0.05, 0) is 37.0 Å². The van der Waals surface area contributed by atoms with E-state index in [1.807, 2.05) is 12.1 Å². The van der Waals surface area contributed by atoms with Gasteiger partial charge in [0.2, 0.25) is 0 Å². The van der Waals surface area contributed by atoms with E-state index in [1.54, 1.807) is 0 Å². The zero-order valence-corrected chi connectivity index (χ0v) is 15.3. The summed E-state index contributed by atoms with van der Waals surface area (Å²) < 4.78 is 8.00. The van der Waals surface area contributed by atoms with Gasteiger partial charge in [-0.3, -0.25) is 0 Å². The summed E-state index contributed by atoms with van der Waals surface area (Å²) in [6.45, 7) is 3.33. The van der Waals surface area contributed by atoms with Gasteiger partial charge in [-0.15, -0.1) is 10.2 Å². The van der Waals surface area contributed by atoms with E-state index in [0.717, 1.165) is 56.3 Å². The first-order chi connectivity index (χ1) is 12.9. The molecule has 138 valence electrons. The maximum absolute atomic E-state index is 8.55. The predicted octanol–water partition coefficient (Wildman–Crippen LogP) is 3.02. The second kappa shape index (κ2) is 9.93. The molecule has 1 aliphatic rings. The fraction of sp³-hybridized carbons (Fsp3) is 0.550. The summed E-state index contributed by atoms with van der Waals surface area (Å²) in [7, 11) is 0. The molecule has 1 aromatic heterocycles. The first kappa shape index (κ1) is 18.4. The van der Waals surface area contributed by atoms with Crippen LogP contribution in [0.5, 0.6) is 5.75 Å². The Labute approximate surface area is 155 Å². The van der Waals surface area contributed by atoms with E-state index in [9.17, 15) is 0 Å². The predicted molar refractivity (Wildman–Crippen MR) is 99.8 cm³/mol. The van der Waals surface area contributed by atoms with Gasteiger partial charge < -0.3 is 14.6 Å². The summed E-state index contributed by atoms with van der Waals surface area (Å²) in [6, 6.07) is 10.3. The van der Waals surface area contributed by atoms with Crippen LogP contribution in [0.15, 0.2) is 24.3 Å². The molecule has 26 heavy (non-hydrogen) atoms. The molecule has 0 amide bonds. The minimum Gasteiger partial charge on any atom is -0.494 e. The largest absolute Gasteiger partial charge is 0.494 e. The van der Waals surface area contributed by atoms with Crippen molar-refractivity contribution in [1.82, 2.24) is 20.1 Å². The lowest BCUT2D eigenvalue weighted by atomic mass is 10.2. The maximum Gasteiger partial charge on any atom is 0.134 e. The van der Waals surface area contributed by atoms with Crippen LogP contribution in [-0.2, 0) is 25.9 Å². The molecule has 0 unspecified atom stereocenters. The molecule has 6 heteroatoms. The van der Waals surface area contributed by atoms with E-state index in [0.29, 0.717) is 13.0 Å². The second-order valence-electron chi connectivity index (χ2n) is 6.68. The van der Waals surface area contributed by atoms with Gasteiger partial charge in [0.05, 0.1) is 12.7 Å². The van der Waals surface area contributed by atoms with Gasteiger partial charge in [0, 0.05) is 38.9 Å². The van der Waals surface area contributed by atoms with Crippen molar-refractivity contribution in [2.45, 2.75) is 58.0 Å². The van der Waals surface area contributed by atoms with E-state index in [2.05, 4.69) is 38.3 Å². The number of nitrogens with zero attached hydrogens (tertiary/aromatic N) is 4. The molecule has 0 radical (unpaired) electrons. The monoisotopic (exact) mass is 353 g/mol. The smallest absolute Gasteiger partial charge is 0.134 e. The number of nitriles is 1. The van der Waals surface area contributed by atoms with Crippen LogP contribution in [0, 0.1) is 11.3 Å². The van der Waals surface area contributed by atoms with Crippen molar-refractivity contribution in [3.8, 4) is 11.8 Å². The summed E-state index contributed by atoms with van der Waals surface area (Å²) in [6.07, 6.45) is 7.00. The molecule has 1 aliphatic heterocycles. The van der Waals surface area contributed by atoms with E-state index >= 15 is 0 Å². The van der Waals surface area contributed by atoms with Crippen LogP contribution in [0.25, 0.3) is 0 Å². The Morgan fingerprint density at radius 1 is 1.23 bits per heavy atom. The maximum atomic E-state index is 8.55. The number of aryl methyl sites for hydroxylation is 1. The third kappa shape index (κ3) is 5.30. The molecule has 0 saturated heterocycles. The Kier molecular flexibility index (Phi) is 7.03. The number of benzene rings is 1. The quantitative estimate of drug-likeness (QED) is 0.701. The Bertz CT molecular complexity index is 734. The number of rotatable bonds is 9. The van der Waals surface area contributed by atoms with Crippen LogP contribution in [-0.4, -0.2) is 27.9 Å². The molecule has 0 atom stereocenters. The first-order valence-corrected chi connectivity index (χ1v) is 9.57. The van der Waals surface area contributed by atoms with Crippen molar-refractivity contribution < 1.29 is 4.74 Å². The molecule has 6 nitrogen and oxygen atoms in total. The summed E-state index contributed by atoms with van der Waals surface area (Å²) >= 11 is 0. The summed E-state index contributed by atoms with van der Waals surface area (Å²) in [5.41, 5.74) is 1.20. The van der Waals surface area contributed by atoms with E-state index in [-0.39, 0.29) is 0 Å². The lowest BCUT2D eigenvalue weighted by Gasteiger charge is -2.09. The van der Waals surface area contributed by atoms with Crippen molar-refractivity contribution >= 4 is 0 Å². The van der Waals surface area contributed by atoms with Gasteiger partial charge in [0.25, 0.3) is 0 Å². The van der Waals surface area contributed by atoms with E-state index < -0.39 is 0 Å². The lowest BCUT2D eigenvalue weighted by Crippen LogP contribution is -2.19. The topological polar surface area (TPSA) is 75.8 Å². The van der Waals surface area contributed by atoms with Crippen molar-refractivity contribution in [3.63, 3.8) is 0 Å². The molecule has 0 saturated carbocycles. The number of ether oxygens (including phenoxy) is 1. The minimum absolute atomic E-state index is 0.535. The molecule has 3 rings (SSSR count). The zero-order chi connectivity index (χ0) is 18.0. The van der Waals surface area contributed by atoms with Crippen LogP contribution in [0.1, 0.15) is 49.3 Å². The lowest BCUT2D eigenvalue weighted by molar-refractivity contribution is 0.312. The van der Waals surface area contributed by atoms with Crippen LogP contribution in [0.2, 0.25) is 0 Å². The Hall–Kier alpha value is -2.39. The van der Waals surface area contributed by atoms with Gasteiger partial charge in [0.1, 0.15) is 17.4 Å². The Morgan fingerprint density at radius 3 is 3.12 bits per heavy atom. The second-order valence-corrected chi connectivity index (χ2v) is 6.68. The summed E-state index contributed by atoms with van der Waals surface area (Å²) in [5.74, 6) is 3.12. The van der Waals surface area contributed by atoms with Gasteiger partial charge in [-0.25, -0.2) is 0 Å². The highest BCUT2D eigenvalue weighted by Crippen LogP contribution is 2.15. The molecule has 2 heterocycles. The van der Waals surface area contributed by atoms with Crippen LogP contribution in [0.3, 0.4) is 0 Å². The van der Waals surface area contributed by atoms with Crippen molar-refractivity contribution in [1.29, 1.82) is 5.26 Å². The first-order valence-electron chi connectivity index (χ1n) is 9.57. The minimum atomic E-state index is 0.535. The summed E-state index contributed by atoms with van der Waals surface area (Å²) in [5, 5.41) is 20.8. The normalized spacial score (nSPS) is 13.7. The molecule has 0 spiro atoms. The number of hydrogen-bond donors (Lipinski definition) is 1. The van der Waals surface area contributed by atoms with Gasteiger partial charge in [-0.1, -0.05) is 18.6 Å². The summed E-state index contributed by atoms with van der Waals surface area (Å²) in [4.78, 5) is 0. The average molecular weight is 353 g/mol. The Morgan fingerprint density at radius 2 is 2.19 bits per heavy atom. The molecular weight excluding hydrogens is 326 g/mol. The van der Waals surface area contributed by atoms with Gasteiger partial charge >= 0.3 is 0 Å². The number of aromatic nitrogens is 3. The van der Waals surface area contributed by atoms with Crippen LogP contribution < -0.4 is 10.1 Å². The van der Waals surface area contributed by atoms with Crippen molar-refractivity contribution in [3.05, 3.63) is 41.5 Å². The Balaban J connectivity index is 1.42. The number of nitrogens with one attached hydrogen (secondary N) is 1. The fourth-order valence-corrected chi connectivity index (χ4v) is 3.25. The number of fused-ring (bicyclic) bond motifs is 1. The molecule has 0 aliphatic carbocycles. The molecule has 0 bridgehead atoms. The van der Waals surface area contributed by atoms with Gasteiger partial charge in [0.15, 0.2) is 0 Å². The van der Waals surface area contributed by atoms with Crippen molar-refractivity contribution in [2.24, 2.45) is 0 Å². The van der Waals surface area contributed by atoms with E-state index in [4.69, 9.17) is 10.00 Å². The average Bonchev–Trinajstić information content (AvgIpc) is 2.89. The van der Waals surface area contributed by atoms with Crippen LogP contribution in [0.4, 0.5) is 0 Å². The highest BCUT2D eigenvalue weighted by molar-refractivity contribution is 5.28. The molecular formula is C20H27N5O. The van der Waals surface area contributed by atoms with Crippen molar-refractivity contribution in [2.75, 3.05) is 13.2 Å². The zero-order valence-electron chi connectivity index (χ0n) is 15.3. The highest BCUT2D eigenvalue weighted by atomic mass is 16.5. The van der Waals surface area contributed by atoms with Crippen LogP contribution >= 0.6 is 0 Å². The molecule has 2 aromatic rings. The van der Waals surface area contributed by atoms with Gasteiger partial charge in [-0.2, -0.15) is 5.26 Å². The third-order valence-corrected chi connectivity index (χ3v) is 4.64. The molecule has 0 fully saturated rings. The number of unbranched alkanes of at least 4 members (excludes halogenated alkanes) is 1. The third-order valence-electron chi connectivity index (χ3n) is 4.64. The van der Waals surface area contributed by atoms with E-state index in [1.165, 1.54) is 24.8 Å². The highest BCUT2D eigenvalue weighted by Gasteiger charge is 2.13. The molecule has 1 N–H and O–H groups in total. The number of hydrogen-bond acceptors (Lipinski definition) is 5. The standard InChI is InChI=1S/C20H27N5O/c21-11-3-5-14-26-18-8-6-7-17(15-18)16-22-12-10-20-24-23-19-9-2-1-4-13-25(19)20/h6-8,15,22H,1-5,9-10,12-14,16H2. The SMILES string of the molecule is N#CCCCOc1cccc(CNCCc2nnc3n2CCCCC3)c1. The fourth-order valence-electron chi connectivity index (χ4n) is 3.25.